The first-order valence-electron chi connectivity index (χ1n) is 11.2. The molecule has 37 heavy (non-hydrogen) atoms. The molecule has 0 saturated carbocycles. The molecule has 3 heterocycles. The number of hydrogen-bond acceptors (Lipinski definition) is 8. The molecule has 1 unspecified atom stereocenters. The van der Waals surface area contributed by atoms with Gasteiger partial charge in [-0.1, -0.05) is 6.92 Å². The highest BCUT2D eigenvalue weighted by atomic mass is 19.4. The number of rotatable bonds is 8. The van der Waals surface area contributed by atoms with Crippen molar-refractivity contribution in [3.63, 3.8) is 0 Å². The van der Waals surface area contributed by atoms with E-state index >= 15 is 0 Å². The lowest BCUT2D eigenvalue weighted by molar-refractivity contribution is -0.139. The molecular formula is C21H25F6N7O3. The Kier molecular flexibility index (Phi) is 8.60. The highest BCUT2D eigenvalue weighted by Gasteiger charge is 2.38. The number of halogens is 6. The van der Waals surface area contributed by atoms with Crippen LogP contribution in [0, 0.1) is 11.8 Å². The Morgan fingerprint density at radius 1 is 1.11 bits per heavy atom. The molecule has 1 amide bonds. The molecule has 2 atom stereocenters. The zero-order chi connectivity index (χ0) is 27.4. The van der Waals surface area contributed by atoms with Crippen molar-refractivity contribution in [3.8, 4) is 0 Å². The van der Waals surface area contributed by atoms with Gasteiger partial charge in [-0.05, 0) is 25.7 Å². The maximum atomic E-state index is 13.1. The Morgan fingerprint density at radius 3 is 2.30 bits per heavy atom. The monoisotopic (exact) mass is 537 g/mol. The summed E-state index contributed by atoms with van der Waals surface area (Å²) in [4.78, 5) is 38.5. The van der Waals surface area contributed by atoms with Crippen LogP contribution >= 0.6 is 0 Å². The third-order valence-electron chi connectivity index (χ3n) is 5.96. The van der Waals surface area contributed by atoms with Crippen molar-refractivity contribution in [1.82, 2.24) is 25.6 Å². The summed E-state index contributed by atoms with van der Waals surface area (Å²) in [7, 11) is 0. The van der Waals surface area contributed by atoms with Crippen molar-refractivity contribution in [2.75, 3.05) is 29.9 Å². The average molecular weight is 537 g/mol. The molecule has 1 aliphatic heterocycles. The molecular weight excluding hydrogens is 512 g/mol. The van der Waals surface area contributed by atoms with E-state index in [2.05, 4.69) is 25.9 Å². The topological polar surface area (TPSA) is 125 Å². The summed E-state index contributed by atoms with van der Waals surface area (Å²) >= 11 is 0. The van der Waals surface area contributed by atoms with Gasteiger partial charge in [-0.15, -0.1) is 0 Å². The molecule has 16 heteroatoms. The number of nitrogens with one attached hydrogen (secondary N) is 3. The number of piperidine rings is 1. The van der Waals surface area contributed by atoms with Crippen LogP contribution in [0.3, 0.4) is 0 Å². The molecule has 1 saturated heterocycles. The standard InChI is InChI=1S/C21H25F6N7O3/c1-11(31-15-9-30-32-18(36)16(15)21(25,26)27)10-37-33-17(35)12(2)13-3-5-34(6-4-13)19-28-7-14(8-29-19)20(22,23)24/h7-9,11-13H,3-6,10H2,1-2H3,(H,33,35)(H2,31,32,36)/t11-,12?/m0/s1. The zero-order valence-corrected chi connectivity index (χ0v) is 19.8. The maximum Gasteiger partial charge on any atom is 0.423 e. The average Bonchev–Trinajstić information content (AvgIpc) is 2.82. The third-order valence-corrected chi connectivity index (χ3v) is 5.96. The van der Waals surface area contributed by atoms with E-state index in [1.165, 1.54) is 6.92 Å². The first kappa shape index (κ1) is 28.1. The second-order valence-electron chi connectivity index (χ2n) is 8.69. The summed E-state index contributed by atoms with van der Waals surface area (Å²) in [6.45, 7) is 3.89. The van der Waals surface area contributed by atoms with E-state index in [4.69, 9.17) is 4.84 Å². The first-order chi connectivity index (χ1) is 17.3. The number of aromatic nitrogens is 4. The van der Waals surface area contributed by atoms with Gasteiger partial charge in [-0.2, -0.15) is 31.4 Å². The predicted molar refractivity (Wildman–Crippen MR) is 118 cm³/mol. The van der Waals surface area contributed by atoms with Crippen molar-refractivity contribution < 1.29 is 36.0 Å². The van der Waals surface area contributed by atoms with Crippen molar-refractivity contribution in [2.24, 2.45) is 11.8 Å². The van der Waals surface area contributed by atoms with Gasteiger partial charge in [0.25, 0.3) is 5.56 Å². The molecule has 2 aromatic rings. The summed E-state index contributed by atoms with van der Waals surface area (Å²) in [5, 5.41) is 7.60. The van der Waals surface area contributed by atoms with Crippen molar-refractivity contribution in [1.29, 1.82) is 0 Å². The highest BCUT2D eigenvalue weighted by molar-refractivity contribution is 5.77. The van der Waals surface area contributed by atoms with Crippen LogP contribution in [-0.2, 0) is 22.0 Å². The molecule has 3 rings (SSSR count). The van der Waals surface area contributed by atoms with Gasteiger partial charge in [-0.25, -0.2) is 20.5 Å². The lowest BCUT2D eigenvalue weighted by Gasteiger charge is -2.34. The molecule has 2 aromatic heterocycles. The van der Waals surface area contributed by atoms with Crippen LogP contribution in [0.25, 0.3) is 0 Å². The Hall–Kier alpha value is -3.43. The van der Waals surface area contributed by atoms with Crippen LogP contribution in [0.2, 0.25) is 0 Å². The summed E-state index contributed by atoms with van der Waals surface area (Å²) in [5.74, 6) is -0.753. The number of aromatic amines is 1. The maximum absolute atomic E-state index is 13.1. The fourth-order valence-corrected chi connectivity index (χ4v) is 3.87. The minimum absolute atomic E-state index is 0.0405. The Morgan fingerprint density at radius 2 is 1.73 bits per heavy atom. The lowest BCUT2D eigenvalue weighted by atomic mass is 9.85. The van der Waals surface area contributed by atoms with Gasteiger partial charge in [0.15, 0.2) is 0 Å². The van der Waals surface area contributed by atoms with E-state index in [0.717, 1.165) is 18.6 Å². The smallest absolute Gasteiger partial charge is 0.378 e. The fraction of sp³-hybridized carbons (Fsp3) is 0.571. The zero-order valence-electron chi connectivity index (χ0n) is 19.8. The number of hydroxylamine groups is 1. The second-order valence-corrected chi connectivity index (χ2v) is 8.69. The third kappa shape index (κ3) is 7.30. The van der Waals surface area contributed by atoms with E-state index in [1.54, 1.807) is 16.9 Å². The predicted octanol–water partition coefficient (Wildman–Crippen LogP) is 3.00. The summed E-state index contributed by atoms with van der Waals surface area (Å²) in [6.07, 6.45) is -5.99. The fourth-order valence-electron chi connectivity index (χ4n) is 3.87. The van der Waals surface area contributed by atoms with Gasteiger partial charge < -0.3 is 10.2 Å². The summed E-state index contributed by atoms with van der Waals surface area (Å²) in [6, 6.07) is -0.715. The minimum atomic E-state index is -4.89. The summed E-state index contributed by atoms with van der Waals surface area (Å²) < 4.78 is 77.4. The molecule has 10 nitrogen and oxygen atoms in total. The molecule has 0 radical (unpaired) electrons. The van der Waals surface area contributed by atoms with E-state index in [1.807, 2.05) is 0 Å². The van der Waals surface area contributed by atoms with E-state index in [9.17, 15) is 35.9 Å². The van der Waals surface area contributed by atoms with Crippen LogP contribution in [0.1, 0.15) is 37.8 Å². The van der Waals surface area contributed by atoms with Crippen LogP contribution in [0.5, 0.6) is 0 Å². The highest BCUT2D eigenvalue weighted by Crippen LogP contribution is 2.32. The lowest BCUT2D eigenvalue weighted by Crippen LogP contribution is -2.41. The van der Waals surface area contributed by atoms with Crippen LogP contribution in [0.15, 0.2) is 23.4 Å². The van der Waals surface area contributed by atoms with Crippen LogP contribution in [-0.4, -0.2) is 51.8 Å². The Bertz CT molecular complexity index is 1120. The van der Waals surface area contributed by atoms with Crippen molar-refractivity contribution >= 4 is 17.5 Å². The number of anilines is 2. The van der Waals surface area contributed by atoms with Crippen LogP contribution < -0.4 is 21.3 Å². The summed E-state index contributed by atoms with van der Waals surface area (Å²) in [5.41, 5.74) is -1.97. The molecule has 1 fully saturated rings. The minimum Gasteiger partial charge on any atom is -0.378 e. The number of alkyl halides is 6. The van der Waals surface area contributed by atoms with Gasteiger partial charge in [0.05, 0.1) is 24.1 Å². The van der Waals surface area contributed by atoms with Gasteiger partial charge in [0.1, 0.15) is 5.56 Å². The van der Waals surface area contributed by atoms with E-state index in [0.29, 0.717) is 25.9 Å². The first-order valence-corrected chi connectivity index (χ1v) is 11.2. The normalized spacial score (nSPS) is 16.8. The Labute approximate surface area is 206 Å². The Balaban J connectivity index is 1.44. The van der Waals surface area contributed by atoms with Crippen LogP contribution in [0.4, 0.5) is 38.0 Å². The van der Waals surface area contributed by atoms with Gasteiger partial charge >= 0.3 is 12.4 Å². The van der Waals surface area contributed by atoms with Gasteiger partial charge in [0, 0.05) is 37.4 Å². The number of hydrogen-bond donors (Lipinski definition) is 3. The van der Waals surface area contributed by atoms with E-state index in [-0.39, 0.29) is 18.5 Å². The number of carbonyl (C=O) groups excluding carboxylic acids is 1. The molecule has 3 N–H and O–H groups in total. The SMILES string of the molecule is CC(C(=O)NOC[C@H](C)Nc1cn[nH]c(=O)c1C(F)(F)F)C1CCN(c2ncc(C(F)(F)F)cn2)CC1. The number of carbonyl (C=O) groups is 1. The number of nitrogens with zero attached hydrogens (tertiary/aromatic N) is 4. The molecule has 0 aliphatic carbocycles. The largest absolute Gasteiger partial charge is 0.423 e. The molecule has 204 valence electrons. The molecule has 0 bridgehead atoms. The molecule has 0 spiro atoms. The van der Waals surface area contributed by atoms with Gasteiger partial charge in [0.2, 0.25) is 11.9 Å². The number of amides is 1. The van der Waals surface area contributed by atoms with Gasteiger partial charge in [-0.3, -0.25) is 14.4 Å². The number of H-pyrrole nitrogens is 1. The second kappa shape index (κ2) is 11.3. The van der Waals surface area contributed by atoms with E-state index < -0.39 is 52.6 Å². The van der Waals surface area contributed by atoms with Crippen molar-refractivity contribution in [2.45, 2.75) is 45.1 Å². The van der Waals surface area contributed by atoms with Crippen molar-refractivity contribution in [3.05, 3.63) is 40.1 Å². The molecule has 0 aromatic carbocycles. The quantitative estimate of drug-likeness (QED) is 0.347. The molecule has 1 aliphatic rings.